The zero-order valence-electron chi connectivity index (χ0n) is 10.8. The molecule has 0 bridgehead atoms. The zero-order chi connectivity index (χ0) is 14.0. The van der Waals surface area contributed by atoms with Gasteiger partial charge in [-0.3, -0.25) is 9.00 Å². The Bertz CT molecular complexity index is 683. The molecule has 0 fully saturated rings. The molecule has 0 aliphatic rings. The predicted molar refractivity (Wildman–Crippen MR) is 78.8 cm³/mol. The van der Waals surface area contributed by atoms with E-state index >= 15 is 0 Å². The summed E-state index contributed by atoms with van der Waals surface area (Å²) in [4.78, 5) is 18.2. The maximum absolute atomic E-state index is 11.6. The van der Waals surface area contributed by atoms with Crippen molar-refractivity contribution in [3.05, 3.63) is 28.8 Å². The molecule has 2 rings (SSSR count). The number of nitrogens with zero attached hydrogens (tertiary/aromatic N) is 1. The SMILES string of the molecule is CC(CS(C)=O)Nc1cc2nc[nH]c(=O)c2cc1N. The van der Waals surface area contributed by atoms with Crippen LogP contribution in [-0.4, -0.2) is 32.2 Å². The molecule has 102 valence electrons. The highest BCUT2D eigenvalue weighted by molar-refractivity contribution is 7.84. The molecule has 6 nitrogen and oxygen atoms in total. The third kappa shape index (κ3) is 3.11. The Kier molecular flexibility index (Phi) is 3.84. The minimum atomic E-state index is -0.881. The number of benzene rings is 1. The van der Waals surface area contributed by atoms with Gasteiger partial charge in [-0.25, -0.2) is 4.98 Å². The molecule has 2 aromatic rings. The van der Waals surface area contributed by atoms with Crippen LogP contribution in [0.25, 0.3) is 10.9 Å². The minimum Gasteiger partial charge on any atom is -0.397 e. The number of hydrogen-bond donors (Lipinski definition) is 3. The number of nitrogens with one attached hydrogen (secondary N) is 2. The van der Waals surface area contributed by atoms with E-state index in [1.54, 1.807) is 18.4 Å². The van der Waals surface area contributed by atoms with E-state index in [0.29, 0.717) is 28.0 Å². The molecule has 0 amide bonds. The first-order chi connectivity index (χ1) is 8.97. The number of nitrogens with two attached hydrogens (primary N) is 1. The second-order valence-corrected chi connectivity index (χ2v) is 5.95. The molecular weight excluding hydrogens is 264 g/mol. The molecule has 0 radical (unpaired) electrons. The smallest absolute Gasteiger partial charge is 0.258 e. The lowest BCUT2D eigenvalue weighted by molar-refractivity contribution is 0.683. The van der Waals surface area contributed by atoms with Crippen molar-refractivity contribution in [1.82, 2.24) is 9.97 Å². The van der Waals surface area contributed by atoms with Crippen molar-refractivity contribution < 1.29 is 4.21 Å². The van der Waals surface area contributed by atoms with Crippen LogP contribution in [0.2, 0.25) is 0 Å². The normalized spacial score (nSPS) is 14.2. The van der Waals surface area contributed by atoms with E-state index in [2.05, 4.69) is 15.3 Å². The number of anilines is 2. The van der Waals surface area contributed by atoms with Crippen molar-refractivity contribution in [2.24, 2.45) is 0 Å². The standard InChI is InChI=1S/C12H16N4O2S/c1-7(5-19(2)18)16-11-4-10-8(3-9(11)13)12(17)15-6-14-10/h3-4,6-7,16H,5,13H2,1-2H3,(H,14,15,17). The Morgan fingerprint density at radius 3 is 2.95 bits per heavy atom. The first kappa shape index (κ1) is 13.5. The average Bonchev–Trinajstić information content (AvgIpc) is 2.30. The van der Waals surface area contributed by atoms with Crippen LogP contribution in [0.1, 0.15) is 6.92 Å². The van der Waals surface area contributed by atoms with Gasteiger partial charge in [-0.1, -0.05) is 0 Å². The predicted octanol–water partition coefficient (Wildman–Crippen LogP) is 0.684. The summed E-state index contributed by atoms with van der Waals surface area (Å²) in [5, 5.41) is 3.64. The zero-order valence-corrected chi connectivity index (χ0v) is 11.6. The second kappa shape index (κ2) is 5.40. The van der Waals surface area contributed by atoms with Gasteiger partial charge in [0.1, 0.15) is 0 Å². The lowest BCUT2D eigenvalue weighted by Crippen LogP contribution is -2.23. The molecule has 19 heavy (non-hydrogen) atoms. The van der Waals surface area contributed by atoms with E-state index in [1.165, 1.54) is 6.33 Å². The topological polar surface area (TPSA) is 101 Å². The molecule has 1 aromatic carbocycles. The lowest BCUT2D eigenvalue weighted by atomic mass is 10.2. The summed E-state index contributed by atoms with van der Waals surface area (Å²) in [5.41, 5.74) is 7.44. The fraction of sp³-hybridized carbons (Fsp3) is 0.333. The number of fused-ring (bicyclic) bond motifs is 1. The van der Waals surface area contributed by atoms with E-state index < -0.39 is 10.8 Å². The molecule has 0 aliphatic heterocycles. The highest BCUT2D eigenvalue weighted by atomic mass is 32.2. The monoisotopic (exact) mass is 280 g/mol. The average molecular weight is 280 g/mol. The Morgan fingerprint density at radius 2 is 2.26 bits per heavy atom. The summed E-state index contributed by atoms with van der Waals surface area (Å²) in [6, 6.07) is 3.35. The van der Waals surface area contributed by atoms with Gasteiger partial charge in [0.25, 0.3) is 5.56 Å². The van der Waals surface area contributed by atoms with Crippen LogP contribution in [-0.2, 0) is 10.8 Å². The summed E-state index contributed by atoms with van der Waals surface area (Å²) in [7, 11) is -0.881. The van der Waals surface area contributed by atoms with Gasteiger partial charge < -0.3 is 16.0 Å². The molecule has 1 heterocycles. The summed E-state index contributed by atoms with van der Waals surface area (Å²) in [6.45, 7) is 1.93. The van der Waals surface area contributed by atoms with Gasteiger partial charge in [0.15, 0.2) is 0 Å². The van der Waals surface area contributed by atoms with Gasteiger partial charge in [-0.15, -0.1) is 0 Å². The van der Waals surface area contributed by atoms with Crippen LogP contribution in [0.5, 0.6) is 0 Å². The summed E-state index contributed by atoms with van der Waals surface area (Å²) in [5.74, 6) is 0.528. The molecule has 4 N–H and O–H groups in total. The number of H-pyrrole nitrogens is 1. The highest BCUT2D eigenvalue weighted by Crippen LogP contribution is 2.23. The molecule has 0 saturated carbocycles. The molecule has 0 saturated heterocycles. The van der Waals surface area contributed by atoms with Gasteiger partial charge in [-0.2, -0.15) is 0 Å². The number of nitrogen functional groups attached to an aromatic ring is 1. The Labute approximate surface area is 112 Å². The van der Waals surface area contributed by atoms with Gasteiger partial charge in [-0.05, 0) is 19.1 Å². The van der Waals surface area contributed by atoms with E-state index in [4.69, 9.17) is 5.73 Å². The Balaban J connectivity index is 2.37. The quantitative estimate of drug-likeness (QED) is 0.715. The van der Waals surface area contributed by atoms with Crippen LogP contribution >= 0.6 is 0 Å². The summed E-state index contributed by atoms with van der Waals surface area (Å²) in [6.07, 6.45) is 3.01. The van der Waals surface area contributed by atoms with Gasteiger partial charge in [0.2, 0.25) is 0 Å². The summed E-state index contributed by atoms with van der Waals surface area (Å²) < 4.78 is 11.2. The maximum atomic E-state index is 11.6. The van der Waals surface area contributed by atoms with E-state index in [0.717, 1.165) is 0 Å². The molecule has 0 spiro atoms. The fourth-order valence-corrected chi connectivity index (χ4v) is 2.70. The Hall–Kier alpha value is -1.89. The van der Waals surface area contributed by atoms with E-state index in [1.807, 2.05) is 6.92 Å². The second-order valence-electron chi connectivity index (χ2n) is 4.47. The molecule has 0 aliphatic carbocycles. The largest absolute Gasteiger partial charge is 0.397 e. The third-order valence-corrected chi connectivity index (χ3v) is 3.67. The molecule has 7 heteroatoms. The van der Waals surface area contributed by atoms with Crippen LogP contribution in [0.15, 0.2) is 23.3 Å². The number of rotatable bonds is 4. The highest BCUT2D eigenvalue weighted by Gasteiger charge is 2.09. The van der Waals surface area contributed by atoms with E-state index in [9.17, 15) is 9.00 Å². The third-order valence-electron chi connectivity index (χ3n) is 2.70. The molecule has 2 atom stereocenters. The van der Waals surface area contributed by atoms with Crippen molar-refractivity contribution in [2.75, 3.05) is 23.1 Å². The lowest BCUT2D eigenvalue weighted by Gasteiger charge is -2.16. The van der Waals surface area contributed by atoms with Crippen molar-refractivity contribution in [3.63, 3.8) is 0 Å². The molecule has 1 aromatic heterocycles. The number of hydrogen-bond acceptors (Lipinski definition) is 5. The van der Waals surface area contributed by atoms with Crippen LogP contribution in [0.4, 0.5) is 11.4 Å². The maximum Gasteiger partial charge on any atom is 0.258 e. The summed E-state index contributed by atoms with van der Waals surface area (Å²) >= 11 is 0. The van der Waals surface area contributed by atoms with E-state index in [-0.39, 0.29) is 11.6 Å². The van der Waals surface area contributed by atoms with Gasteiger partial charge >= 0.3 is 0 Å². The minimum absolute atomic E-state index is 0.0209. The number of aromatic nitrogens is 2. The van der Waals surface area contributed by atoms with Crippen LogP contribution < -0.4 is 16.6 Å². The van der Waals surface area contributed by atoms with Crippen LogP contribution in [0.3, 0.4) is 0 Å². The van der Waals surface area contributed by atoms with Crippen molar-refractivity contribution >= 4 is 33.1 Å². The molecule has 2 unspecified atom stereocenters. The van der Waals surface area contributed by atoms with Crippen molar-refractivity contribution in [2.45, 2.75) is 13.0 Å². The number of aromatic amines is 1. The van der Waals surface area contributed by atoms with Crippen molar-refractivity contribution in [1.29, 1.82) is 0 Å². The van der Waals surface area contributed by atoms with Gasteiger partial charge in [0, 0.05) is 28.9 Å². The Morgan fingerprint density at radius 1 is 1.53 bits per heavy atom. The molecular formula is C12H16N4O2S. The van der Waals surface area contributed by atoms with Crippen LogP contribution in [0, 0.1) is 0 Å². The fourth-order valence-electron chi connectivity index (χ4n) is 1.92. The first-order valence-electron chi connectivity index (χ1n) is 5.81. The first-order valence-corrected chi connectivity index (χ1v) is 7.53. The van der Waals surface area contributed by atoms with Gasteiger partial charge in [0.05, 0.1) is 28.6 Å². The van der Waals surface area contributed by atoms with Crippen molar-refractivity contribution in [3.8, 4) is 0 Å².